The average molecular weight is 339 g/mol. The molecule has 0 unspecified atom stereocenters. The molecule has 0 spiro atoms. The molecule has 0 bridgehead atoms. The van der Waals surface area contributed by atoms with Gasteiger partial charge in [0.25, 0.3) is 5.91 Å². The molecule has 3 aliphatic heterocycles. The molecule has 1 amide bonds. The lowest BCUT2D eigenvalue weighted by Crippen LogP contribution is -2.23. The molecule has 0 saturated carbocycles. The number of nitrogens with one attached hydrogen (secondary N) is 1. The number of amides is 1. The summed E-state index contributed by atoms with van der Waals surface area (Å²) < 4.78 is 22.1. The Kier molecular flexibility index (Phi) is 3.23. The van der Waals surface area contributed by atoms with Gasteiger partial charge in [-0.25, -0.2) is 0 Å². The number of hydrogen-bond acceptors (Lipinski definition) is 5. The van der Waals surface area contributed by atoms with E-state index in [1.807, 2.05) is 0 Å². The van der Waals surface area contributed by atoms with Crippen molar-refractivity contribution >= 4 is 5.91 Å². The maximum absolute atomic E-state index is 12.5. The highest BCUT2D eigenvalue weighted by Crippen LogP contribution is 2.40. The predicted molar refractivity (Wildman–Crippen MR) is 88.6 cm³/mol. The van der Waals surface area contributed by atoms with Gasteiger partial charge in [-0.3, -0.25) is 4.79 Å². The molecule has 5 rings (SSSR count). The van der Waals surface area contributed by atoms with Crippen LogP contribution in [0, 0.1) is 0 Å². The molecule has 0 radical (unpaired) electrons. The molecule has 2 aromatic rings. The van der Waals surface area contributed by atoms with Crippen LogP contribution in [-0.4, -0.2) is 25.9 Å². The number of carbonyl (C=O) groups is 1. The van der Waals surface area contributed by atoms with Gasteiger partial charge in [0.2, 0.25) is 6.79 Å². The number of benzene rings is 2. The van der Waals surface area contributed by atoms with E-state index in [1.54, 1.807) is 18.2 Å². The Morgan fingerprint density at radius 2 is 1.84 bits per heavy atom. The molecule has 3 aliphatic rings. The molecule has 1 N–H and O–H groups in total. The van der Waals surface area contributed by atoms with Gasteiger partial charge in [0, 0.05) is 41.6 Å². The second kappa shape index (κ2) is 5.58. The number of hydrogen-bond donors (Lipinski definition) is 1. The third-order valence-corrected chi connectivity index (χ3v) is 4.82. The quantitative estimate of drug-likeness (QED) is 0.929. The highest BCUT2D eigenvalue weighted by molar-refractivity contribution is 5.95. The van der Waals surface area contributed by atoms with E-state index in [9.17, 15) is 4.79 Å². The summed E-state index contributed by atoms with van der Waals surface area (Å²) in [7, 11) is 0. The fourth-order valence-electron chi connectivity index (χ4n) is 3.58. The molecule has 0 aromatic heterocycles. The zero-order valence-electron chi connectivity index (χ0n) is 13.6. The predicted octanol–water partition coefficient (Wildman–Crippen LogP) is 2.22. The topological polar surface area (TPSA) is 66.0 Å². The number of rotatable bonds is 3. The first kappa shape index (κ1) is 14.5. The minimum atomic E-state index is -0.151. The van der Waals surface area contributed by atoms with Crippen LogP contribution in [-0.2, 0) is 19.4 Å². The van der Waals surface area contributed by atoms with Crippen molar-refractivity contribution in [3.05, 3.63) is 46.5 Å². The molecule has 0 atom stereocenters. The van der Waals surface area contributed by atoms with Gasteiger partial charge < -0.3 is 24.3 Å². The highest BCUT2D eigenvalue weighted by atomic mass is 16.7. The molecule has 25 heavy (non-hydrogen) atoms. The van der Waals surface area contributed by atoms with Gasteiger partial charge in [0.15, 0.2) is 11.5 Å². The van der Waals surface area contributed by atoms with Gasteiger partial charge in [-0.2, -0.15) is 0 Å². The van der Waals surface area contributed by atoms with Crippen LogP contribution in [0.15, 0.2) is 24.3 Å². The van der Waals surface area contributed by atoms with Crippen molar-refractivity contribution in [2.75, 3.05) is 20.0 Å². The molecule has 128 valence electrons. The third kappa shape index (κ3) is 2.36. The van der Waals surface area contributed by atoms with E-state index in [-0.39, 0.29) is 12.7 Å². The molecule has 6 nitrogen and oxygen atoms in total. The van der Waals surface area contributed by atoms with Crippen LogP contribution in [0.5, 0.6) is 23.0 Å². The minimum absolute atomic E-state index is 0.151. The summed E-state index contributed by atoms with van der Waals surface area (Å²) in [6, 6.07) is 7.28. The Morgan fingerprint density at radius 1 is 0.960 bits per heavy atom. The maximum Gasteiger partial charge on any atom is 0.251 e. The molecule has 2 aromatic carbocycles. The van der Waals surface area contributed by atoms with Crippen LogP contribution >= 0.6 is 0 Å². The van der Waals surface area contributed by atoms with Crippen molar-refractivity contribution in [2.45, 2.75) is 19.4 Å². The molecule has 3 heterocycles. The number of carbonyl (C=O) groups excluding carboxylic acids is 1. The van der Waals surface area contributed by atoms with E-state index < -0.39 is 0 Å². The fraction of sp³-hybridized carbons (Fsp3) is 0.316. The molecular weight excluding hydrogens is 322 g/mol. The Bertz CT molecular complexity index is 844. The molecule has 0 fully saturated rings. The first-order valence-corrected chi connectivity index (χ1v) is 8.40. The van der Waals surface area contributed by atoms with E-state index in [4.69, 9.17) is 18.9 Å². The number of ether oxygens (including phenoxy) is 4. The monoisotopic (exact) mass is 339 g/mol. The van der Waals surface area contributed by atoms with Crippen LogP contribution in [0.4, 0.5) is 0 Å². The van der Waals surface area contributed by atoms with Crippen molar-refractivity contribution in [3.63, 3.8) is 0 Å². The van der Waals surface area contributed by atoms with Crippen molar-refractivity contribution in [2.24, 2.45) is 0 Å². The van der Waals surface area contributed by atoms with Gasteiger partial charge in [-0.05, 0) is 24.3 Å². The standard InChI is InChI=1S/C19H17NO5/c21-19(12-1-2-15-17(8-12)25-10-24-15)20-9-14-13-4-6-22-16(13)7-11-3-5-23-18(11)14/h1-2,7-8H,3-6,9-10H2,(H,20,21). The first-order chi connectivity index (χ1) is 12.3. The largest absolute Gasteiger partial charge is 0.493 e. The molecule has 6 heteroatoms. The lowest BCUT2D eigenvalue weighted by Gasteiger charge is -2.14. The lowest BCUT2D eigenvalue weighted by molar-refractivity contribution is 0.0950. The summed E-state index contributed by atoms with van der Waals surface area (Å²) in [5, 5.41) is 3.00. The van der Waals surface area contributed by atoms with E-state index in [1.165, 1.54) is 0 Å². The minimum Gasteiger partial charge on any atom is -0.493 e. The lowest BCUT2D eigenvalue weighted by atomic mass is 9.99. The Labute approximate surface area is 144 Å². The number of fused-ring (bicyclic) bond motifs is 3. The zero-order chi connectivity index (χ0) is 16.8. The Balaban J connectivity index is 1.39. The van der Waals surface area contributed by atoms with Crippen molar-refractivity contribution in [3.8, 4) is 23.0 Å². The highest BCUT2D eigenvalue weighted by Gasteiger charge is 2.26. The van der Waals surface area contributed by atoms with Crippen LogP contribution in [0.3, 0.4) is 0 Å². The van der Waals surface area contributed by atoms with Crippen LogP contribution in [0.1, 0.15) is 27.0 Å². The van der Waals surface area contributed by atoms with Crippen LogP contribution < -0.4 is 24.3 Å². The fourth-order valence-corrected chi connectivity index (χ4v) is 3.58. The van der Waals surface area contributed by atoms with E-state index in [0.29, 0.717) is 36.8 Å². The average Bonchev–Trinajstić information content (AvgIpc) is 3.36. The SMILES string of the molecule is O=C(NCc1c2c(cc3c1OCC3)OCC2)c1ccc2c(c1)OCO2. The van der Waals surface area contributed by atoms with Crippen LogP contribution in [0.25, 0.3) is 0 Å². The van der Waals surface area contributed by atoms with Gasteiger partial charge in [0.1, 0.15) is 11.5 Å². The Hall–Kier alpha value is -2.89. The van der Waals surface area contributed by atoms with Gasteiger partial charge in [0.05, 0.1) is 13.2 Å². The van der Waals surface area contributed by atoms with Crippen molar-refractivity contribution in [1.82, 2.24) is 5.32 Å². The molecular formula is C19H17NO5. The van der Waals surface area contributed by atoms with Gasteiger partial charge in [-0.1, -0.05) is 0 Å². The van der Waals surface area contributed by atoms with Crippen molar-refractivity contribution < 1.29 is 23.7 Å². The van der Waals surface area contributed by atoms with Gasteiger partial charge in [-0.15, -0.1) is 0 Å². The van der Waals surface area contributed by atoms with E-state index in [0.717, 1.165) is 41.0 Å². The third-order valence-electron chi connectivity index (χ3n) is 4.82. The van der Waals surface area contributed by atoms with Gasteiger partial charge >= 0.3 is 0 Å². The second-order valence-electron chi connectivity index (χ2n) is 6.27. The van der Waals surface area contributed by atoms with Crippen molar-refractivity contribution in [1.29, 1.82) is 0 Å². The second-order valence-corrected chi connectivity index (χ2v) is 6.27. The van der Waals surface area contributed by atoms with E-state index >= 15 is 0 Å². The molecule has 0 saturated heterocycles. The summed E-state index contributed by atoms with van der Waals surface area (Å²) in [5.41, 5.74) is 3.89. The molecule has 0 aliphatic carbocycles. The smallest absolute Gasteiger partial charge is 0.251 e. The zero-order valence-corrected chi connectivity index (χ0v) is 13.6. The summed E-state index contributed by atoms with van der Waals surface area (Å²) >= 11 is 0. The normalized spacial score (nSPS) is 16.0. The van der Waals surface area contributed by atoms with Crippen LogP contribution in [0.2, 0.25) is 0 Å². The Morgan fingerprint density at radius 3 is 2.80 bits per heavy atom. The maximum atomic E-state index is 12.5. The summed E-state index contributed by atoms with van der Waals surface area (Å²) in [6.07, 6.45) is 1.73. The summed E-state index contributed by atoms with van der Waals surface area (Å²) in [6.45, 7) is 1.98. The summed E-state index contributed by atoms with van der Waals surface area (Å²) in [4.78, 5) is 12.5. The summed E-state index contributed by atoms with van der Waals surface area (Å²) in [5.74, 6) is 2.96. The van der Waals surface area contributed by atoms with E-state index in [2.05, 4.69) is 11.4 Å². The first-order valence-electron chi connectivity index (χ1n) is 8.40.